The molecule has 0 aliphatic carbocycles. The number of aryl methyl sites for hydroxylation is 1. The van der Waals surface area contributed by atoms with Crippen LogP contribution in [0.15, 0.2) is 35.3 Å². The quantitative estimate of drug-likeness (QED) is 0.729. The Morgan fingerprint density at radius 3 is 2.83 bits per heavy atom. The van der Waals surface area contributed by atoms with Crippen LogP contribution in [0.3, 0.4) is 0 Å². The number of benzene rings is 1. The highest BCUT2D eigenvalue weighted by Crippen LogP contribution is 2.20. The molecule has 0 bridgehead atoms. The van der Waals surface area contributed by atoms with E-state index < -0.39 is 5.56 Å². The van der Waals surface area contributed by atoms with Crippen molar-refractivity contribution in [1.82, 2.24) is 14.8 Å². The second-order valence-corrected chi connectivity index (χ2v) is 5.27. The van der Waals surface area contributed by atoms with E-state index >= 15 is 0 Å². The van der Waals surface area contributed by atoms with Crippen molar-refractivity contribution in [3.05, 3.63) is 69.0 Å². The van der Waals surface area contributed by atoms with E-state index in [1.807, 2.05) is 6.07 Å². The van der Waals surface area contributed by atoms with Gasteiger partial charge in [-0.15, -0.1) is 0 Å². The Kier molecular flexibility index (Phi) is 3.62. The molecule has 0 saturated heterocycles. The normalized spacial score (nSPS) is 10.7. The van der Waals surface area contributed by atoms with Gasteiger partial charge in [0.15, 0.2) is 0 Å². The summed E-state index contributed by atoms with van der Waals surface area (Å²) in [4.78, 5) is 16.6. The van der Waals surface area contributed by atoms with Gasteiger partial charge in [-0.2, -0.15) is 10.4 Å². The topological polar surface area (TPSA) is 71.6 Å². The first-order chi connectivity index (χ1) is 11.0. The first kappa shape index (κ1) is 14.9. The maximum Gasteiger partial charge on any atom is 0.285 e. The molecule has 0 radical (unpaired) electrons. The second kappa shape index (κ2) is 5.61. The number of hydrogen-bond donors (Lipinski definition) is 0. The average Bonchev–Trinajstić information content (AvgIpc) is 2.56. The highest BCUT2D eigenvalue weighted by Gasteiger charge is 2.14. The summed E-state index contributed by atoms with van der Waals surface area (Å²) in [6.45, 7) is 3.57. The van der Waals surface area contributed by atoms with Gasteiger partial charge in [0.2, 0.25) is 0 Å². The molecule has 0 aliphatic heterocycles. The van der Waals surface area contributed by atoms with Gasteiger partial charge in [-0.1, -0.05) is 6.07 Å². The standard InChI is InChI=1S/C17H13FN4O/c1-10-11(2)21-22(17(23)14(10)8-19)9-12-5-6-15(18)13-4-3-7-20-16(12)13/h3-7H,9H2,1-2H3. The molecule has 3 rings (SSSR count). The predicted octanol–water partition coefficient (Wildman–Crippen LogP) is 2.47. The number of halogens is 1. The van der Waals surface area contributed by atoms with Gasteiger partial charge in [0.25, 0.3) is 5.56 Å². The molecule has 6 heteroatoms. The van der Waals surface area contributed by atoms with Crippen molar-refractivity contribution in [2.24, 2.45) is 0 Å². The summed E-state index contributed by atoms with van der Waals surface area (Å²) in [6.07, 6.45) is 1.57. The third kappa shape index (κ3) is 2.46. The number of nitrogens with zero attached hydrogens (tertiary/aromatic N) is 4. The lowest BCUT2D eigenvalue weighted by atomic mass is 10.1. The smallest absolute Gasteiger partial charge is 0.266 e. The maximum atomic E-state index is 13.9. The molecule has 0 spiro atoms. The van der Waals surface area contributed by atoms with Gasteiger partial charge in [-0.05, 0) is 37.6 Å². The highest BCUT2D eigenvalue weighted by atomic mass is 19.1. The van der Waals surface area contributed by atoms with Crippen LogP contribution >= 0.6 is 0 Å². The average molecular weight is 308 g/mol. The molecule has 0 fully saturated rings. The van der Waals surface area contributed by atoms with E-state index in [9.17, 15) is 9.18 Å². The van der Waals surface area contributed by atoms with Gasteiger partial charge in [-0.25, -0.2) is 9.07 Å². The first-order valence-electron chi connectivity index (χ1n) is 7.03. The molecule has 0 aliphatic rings. The van der Waals surface area contributed by atoms with Crippen molar-refractivity contribution < 1.29 is 4.39 Å². The summed E-state index contributed by atoms with van der Waals surface area (Å²) in [7, 11) is 0. The van der Waals surface area contributed by atoms with E-state index in [0.29, 0.717) is 27.7 Å². The summed E-state index contributed by atoms with van der Waals surface area (Å²) in [5.41, 5.74) is 1.97. The molecule has 0 N–H and O–H groups in total. The minimum Gasteiger partial charge on any atom is -0.266 e. The van der Waals surface area contributed by atoms with Gasteiger partial charge in [0, 0.05) is 17.1 Å². The van der Waals surface area contributed by atoms with Crippen molar-refractivity contribution >= 4 is 10.9 Å². The van der Waals surface area contributed by atoms with Crippen LogP contribution in [0.5, 0.6) is 0 Å². The SMILES string of the molecule is Cc1nn(Cc2ccc(F)c3cccnc23)c(=O)c(C#N)c1C. The van der Waals surface area contributed by atoms with Crippen LogP contribution in [0.1, 0.15) is 22.4 Å². The van der Waals surface area contributed by atoms with E-state index in [-0.39, 0.29) is 17.9 Å². The van der Waals surface area contributed by atoms with Crippen LogP contribution in [0.2, 0.25) is 0 Å². The molecule has 1 aromatic carbocycles. The molecule has 0 amide bonds. The zero-order chi connectivity index (χ0) is 16.6. The Morgan fingerprint density at radius 1 is 1.30 bits per heavy atom. The molecule has 23 heavy (non-hydrogen) atoms. The predicted molar refractivity (Wildman–Crippen MR) is 83.5 cm³/mol. The summed E-state index contributed by atoms with van der Waals surface area (Å²) < 4.78 is 15.1. The first-order valence-corrected chi connectivity index (χ1v) is 7.03. The molecule has 0 unspecified atom stereocenters. The van der Waals surface area contributed by atoms with Crippen LogP contribution < -0.4 is 5.56 Å². The molecule has 2 aromatic heterocycles. The summed E-state index contributed by atoms with van der Waals surface area (Å²) in [6, 6.07) is 8.15. The van der Waals surface area contributed by atoms with Gasteiger partial charge in [0.1, 0.15) is 17.4 Å². The number of hydrogen-bond acceptors (Lipinski definition) is 4. The fourth-order valence-electron chi connectivity index (χ4n) is 2.50. The molecular formula is C17H13FN4O. The molecule has 0 atom stereocenters. The minimum atomic E-state index is -0.455. The number of aromatic nitrogens is 3. The number of nitriles is 1. The van der Waals surface area contributed by atoms with Gasteiger partial charge >= 0.3 is 0 Å². The second-order valence-electron chi connectivity index (χ2n) is 5.27. The third-order valence-corrected chi connectivity index (χ3v) is 3.87. The van der Waals surface area contributed by atoms with Gasteiger partial charge in [-0.3, -0.25) is 9.78 Å². The Bertz CT molecular complexity index is 1020. The van der Waals surface area contributed by atoms with Crippen molar-refractivity contribution in [2.75, 3.05) is 0 Å². The minimum absolute atomic E-state index is 0.0804. The zero-order valence-corrected chi connectivity index (χ0v) is 12.7. The third-order valence-electron chi connectivity index (χ3n) is 3.87. The van der Waals surface area contributed by atoms with Crippen LogP contribution in [0.4, 0.5) is 4.39 Å². The lowest BCUT2D eigenvalue weighted by molar-refractivity contribution is 0.619. The summed E-state index contributed by atoms with van der Waals surface area (Å²) in [5, 5.41) is 13.8. The lowest BCUT2D eigenvalue weighted by Crippen LogP contribution is -2.28. The Balaban J connectivity index is 2.18. The fourth-order valence-corrected chi connectivity index (χ4v) is 2.50. The van der Waals surface area contributed by atoms with Crippen molar-refractivity contribution in [3.8, 4) is 6.07 Å². The monoisotopic (exact) mass is 308 g/mol. The molecule has 2 heterocycles. The number of pyridine rings is 1. The van der Waals surface area contributed by atoms with Crippen molar-refractivity contribution in [1.29, 1.82) is 5.26 Å². The summed E-state index contributed by atoms with van der Waals surface area (Å²) >= 11 is 0. The van der Waals surface area contributed by atoms with E-state index in [1.54, 1.807) is 38.2 Å². The Morgan fingerprint density at radius 2 is 2.09 bits per heavy atom. The van der Waals surface area contributed by atoms with E-state index in [0.717, 1.165) is 0 Å². The molecule has 0 saturated carbocycles. The van der Waals surface area contributed by atoms with Crippen LogP contribution in [0.25, 0.3) is 10.9 Å². The van der Waals surface area contributed by atoms with E-state index in [1.165, 1.54) is 10.7 Å². The highest BCUT2D eigenvalue weighted by molar-refractivity contribution is 5.82. The van der Waals surface area contributed by atoms with Gasteiger partial charge < -0.3 is 0 Å². The van der Waals surface area contributed by atoms with E-state index in [4.69, 9.17) is 5.26 Å². The molecular weight excluding hydrogens is 295 g/mol. The van der Waals surface area contributed by atoms with Gasteiger partial charge in [0.05, 0.1) is 17.8 Å². The Hall–Kier alpha value is -3.07. The lowest BCUT2D eigenvalue weighted by Gasteiger charge is -2.11. The van der Waals surface area contributed by atoms with Crippen LogP contribution in [-0.2, 0) is 6.54 Å². The van der Waals surface area contributed by atoms with Crippen LogP contribution in [-0.4, -0.2) is 14.8 Å². The fraction of sp³-hybridized carbons (Fsp3) is 0.176. The van der Waals surface area contributed by atoms with Crippen LogP contribution in [0, 0.1) is 31.0 Å². The molecule has 3 aromatic rings. The zero-order valence-electron chi connectivity index (χ0n) is 12.7. The van der Waals surface area contributed by atoms with Crippen molar-refractivity contribution in [3.63, 3.8) is 0 Å². The molecule has 5 nitrogen and oxygen atoms in total. The Labute approximate surface area is 131 Å². The van der Waals surface area contributed by atoms with E-state index in [2.05, 4.69) is 10.1 Å². The van der Waals surface area contributed by atoms with Crippen molar-refractivity contribution in [2.45, 2.75) is 20.4 Å². The molecule has 114 valence electrons. The number of fused-ring (bicyclic) bond motifs is 1. The maximum absolute atomic E-state index is 13.9. The summed E-state index contributed by atoms with van der Waals surface area (Å²) in [5.74, 6) is -0.366. The largest absolute Gasteiger partial charge is 0.285 e. The number of rotatable bonds is 2.